The maximum atomic E-state index is 12.2. The summed E-state index contributed by atoms with van der Waals surface area (Å²) in [4.78, 5) is 38.0. The van der Waals surface area contributed by atoms with E-state index < -0.39 is 0 Å². The van der Waals surface area contributed by atoms with Gasteiger partial charge in [-0.25, -0.2) is 0 Å². The van der Waals surface area contributed by atoms with Gasteiger partial charge in [0.15, 0.2) is 0 Å². The molecule has 180 valence electrons. The molecular weight excluding hydrogens is 428 g/mol. The van der Waals surface area contributed by atoms with Gasteiger partial charge in [0.1, 0.15) is 0 Å². The highest BCUT2D eigenvalue weighted by Crippen LogP contribution is 2.36. The van der Waals surface area contributed by atoms with E-state index in [-0.39, 0.29) is 30.3 Å². The Morgan fingerprint density at radius 2 is 1.71 bits per heavy atom. The monoisotopic (exact) mass is 462 g/mol. The smallest absolute Gasteiger partial charge is 0.251 e. The first-order chi connectivity index (χ1) is 16.4. The second-order valence-electron chi connectivity index (χ2n) is 9.66. The van der Waals surface area contributed by atoms with E-state index in [0.717, 1.165) is 49.9 Å². The minimum Gasteiger partial charge on any atom is -0.369 e. The Morgan fingerprint density at radius 3 is 2.35 bits per heavy atom. The molecule has 0 spiro atoms. The number of aryl methyl sites for hydroxylation is 1. The molecule has 1 aliphatic heterocycles. The maximum Gasteiger partial charge on any atom is 0.251 e. The molecule has 1 aliphatic carbocycles. The van der Waals surface area contributed by atoms with Crippen molar-refractivity contribution in [1.82, 2.24) is 15.5 Å². The Kier molecular flexibility index (Phi) is 7.63. The summed E-state index contributed by atoms with van der Waals surface area (Å²) in [6.07, 6.45) is 4.90. The third-order valence-corrected chi connectivity index (χ3v) is 7.01. The van der Waals surface area contributed by atoms with Crippen molar-refractivity contribution in [1.29, 1.82) is 0 Å². The summed E-state index contributed by atoms with van der Waals surface area (Å²) in [5.74, 6) is -0.112. The standard InChI is InChI=1S/C27H34N4O3/c1-18-3-2-4-22(13-18)27(34)29-15-26(33)30-23-16-31(17-23)24-11-9-21(10-12-24)20-7-5-19(6-8-20)14-25(28)32/h2-8,13,21,23-24H,9-12,14-17H2,1H3,(H2,28,32)(H,29,34)(H,30,33). The molecular formula is C27H34N4O3. The minimum absolute atomic E-state index is 0.00733. The summed E-state index contributed by atoms with van der Waals surface area (Å²) in [6, 6.07) is 16.3. The van der Waals surface area contributed by atoms with Crippen LogP contribution in [0, 0.1) is 6.92 Å². The predicted octanol–water partition coefficient (Wildman–Crippen LogP) is 2.28. The zero-order valence-corrected chi connectivity index (χ0v) is 19.8. The van der Waals surface area contributed by atoms with Crippen LogP contribution >= 0.6 is 0 Å². The topological polar surface area (TPSA) is 105 Å². The highest BCUT2D eigenvalue weighted by molar-refractivity contribution is 5.96. The van der Waals surface area contributed by atoms with E-state index in [4.69, 9.17) is 5.73 Å². The van der Waals surface area contributed by atoms with Crippen LogP contribution in [-0.2, 0) is 16.0 Å². The molecule has 7 nitrogen and oxygen atoms in total. The van der Waals surface area contributed by atoms with E-state index in [0.29, 0.717) is 23.9 Å². The van der Waals surface area contributed by atoms with Gasteiger partial charge in [-0.15, -0.1) is 0 Å². The third kappa shape index (κ3) is 6.23. The van der Waals surface area contributed by atoms with Crippen LogP contribution in [-0.4, -0.2) is 54.3 Å². The average Bonchev–Trinajstić information content (AvgIpc) is 2.80. The quantitative estimate of drug-likeness (QED) is 0.560. The van der Waals surface area contributed by atoms with Crippen LogP contribution in [0.2, 0.25) is 0 Å². The Hall–Kier alpha value is -3.19. The first-order valence-electron chi connectivity index (χ1n) is 12.1. The molecule has 7 heteroatoms. The molecule has 1 saturated heterocycles. The van der Waals surface area contributed by atoms with Gasteiger partial charge >= 0.3 is 0 Å². The molecule has 0 bridgehead atoms. The number of nitrogens with two attached hydrogens (primary N) is 1. The zero-order valence-electron chi connectivity index (χ0n) is 19.8. The summed E-state index contributed by atoms with van der Waals surface area (Å²) in [7, 11) is 0. The lowest BCUT2D eigenvalue weighted by Crippen LogP contribution is -2.63. The normalized spacial score (nSPS) is 20.9. The Bertz CT molecular complexity index is 1020. The van der Waals surface area contributed by atoms with Crippen LogP contribution in [0.15, 0.2) is 48.5 Å². The molecule has 2 fully saturated rings. The van der Waals surface area contributed by atoms with Gasteiger partial charge in [-0.2, -0.15) is 0 Å². The number of hydrogen-bond acceptors (Lipinski definition) is 4. The molecule has 0 atom stereocenters. The first-order valence-corrected chi connectivity index (χ1v) is 12.1. The Morgan fingerprint density at radius 1 is 1.00 bits per heavy atom. The first kappa shape index (κ1) is 24.0. The van der Waals surface area contributed by atoms with Crippen LogP contribution in [0.5, 0.6) is 0 Å². The number of nitrogens with one attached hydrogen (secondary N) is 2. The van der Waals surface area contributed by atoms with Gasteiger partial charge in [0.05, 0.1) is 19.0 Å². The van der Waals surface area contributed by atoms with E-state index in [1.54, 1.807) is 6.07 Å². The van der Waals surface area contributed by atoms with E-state index in [2.05, 4.69) is 27.7 Å². The third-order valence-electron chi connectivity index (χ3n) is 7.01. The van der Waals surface area contributed by atoms with Crippen molar-refractivity contribution in [2.45, 2.75) is 57.0 Å². The van der Waals surface area contributed by atoms with Gasteiger partial charge in [0.2, 0.25) is 11.8 Å². The molecule has 3 amide bonds. The summed E-state index contributed by atoms with van der Waals surface area (Å²) in [5.41, 5.74) is 9.16. The number of carbonyl (C=O) groups is 3. The molecule has 0 radical (unpaired) electrons. The summed E-state index contributed by atoms with van der Waals surface area (Å²) in [5, 5.41) is 5.73. The van der Waals surface area contributed by atoms with Gasteiger partial charge < -0.3 is 16.4 Å². The van der Waals surface area contributed by atoms with E-state index in [1.807, 2.05) is 37.3 Å². The van der Waals surface area contributed by atoms with Gasteiger partial charge in [0.25, 0.3) is 5.91 Å². The second kappa shape index (κ2) is 10.8. The summed E-state index contributed by atoms with van der Waals surface area (Å²) < 4.78 is 0. The lowest BCUT2D eigenvalue weighted by Gasteiger charge is -2.46. The molecule has 2 aromatic rings. The number of nitrogens with zero attached hydrogens (tertiary/aromatic N) is 1. The molecule has 0 aromatic heterocycles. The van der Waals surface area contributed by atoms with Crippen LogP contribution in [0.4, 0.5) is 0 Å². The van der Waals surface area contributed by atoms with Crippen LogP contribution < -0.4 is 16.4 Å². The minimum atomic E-state index is -0.302. The molecule has 4 N–H and O–H groups in total. The molecule has 2 aromatic carbocycles. The molecule has 2 aliphatic rings. The van der Waals surface area contributed by atoms with Crippen molar-refractivity contribution >= 4 is 17.7 Å². The van der Waals surface area contributed by atoms with Gasteiger partial charge in [-0.05, 0) is 61.8 Å². The van der Waals surface area contributed by atoms with Crippen LogP contribution in [0.3, 0.4) is 0 Å². The van der Waals surface area contributed by atoms with Gasteiger partial charge in [-0.3, -0.25) is 19.3 Å². The fourth-order valence-corrected chi connectivity index (χ4v) is 5.11. The highest BCUT2D eigenvalue weighted by atomic mass is 16.2. The summed E-state index contributed by atoms with van der Waals surface area (Å²) >= 11 is 0. The second-order valence-corrected chi connectivity index (χ2v) is 9.66. The highest BCUT2D eigenvalue weighted by Gasteiger charge is 2.35. The Labute approximate surface area is 201 Å². The van der Waals surface area contributed by atoms with E-state index in [9.17, 15) is 14.4 Å². The van der Waals surface area contributed by atoms with Crippen molar-refractivity contribution in [2.75, 3.05) is 19.6 Å². The van der Waals surface area contributed by atoms with Crippen molar-refractivity contribution in [3.8, 4) is 0 Å². The average molecular weight is 463 g/mol. The van der Waals surface area contributed by atoms with E-state index in [1.165, 1.54) is 5.56 Å². The number of benzene rings is 2. The van der Waals surface area contributed by atoms with Crippen molar-refractivity contribution < 1.29 is 14.4 Å². The van der Waals surface area contributed by atoms with Gasteiger partial charge in [0, 0.05) is 24.7 Å². The number of rotatable bonds is 8. The largest absolute Gasteiger partial charge is 0.369 e. The molecule has 1 heterocycles. The Balaban J connectivity index is 1.14. The zero-order chi connectivity index (χ0) is 24.1. The molecule has 34 heavy (non-hydrogen) atoms. The number of amides is 3. The number of likely N-dealkylation sites (tertiary alicyclic amines) is 1. The number of carbonyl (C=O) groups excluding carboxylic acids is 3. The molecule has 4 rings (SSSR count). The van der Waals surface area contributed by atoms with Crippen LogP contribution in [0.1, 0.15) is 58.6 Å². The number of primary amides is 1. The fourth-order valence-electron chi connectivity index (χ4n) is 5.11. The van der Waals surface area contributed by atoms with Crippen molar-refractivity contribution in [3.05, 3.63) is 70.8 Å². The maximum absolute atomic E-state index is 12.2. The molecule has 1 saturated carbocycles. The predicted molar refractivity (Wildman–Crippen MR) is 131 cm³/mol. The lowest BCUT2D eigenvalue weighted by molar-refractivity contribution is -0.122. The van der Waals surface area contributed by atoms with Gasteiger partial charge in [-0.1, -0.05) is 42.0 Å². The summed E-state index contributed by atoms with van der Waals surface area (Å²) in [6.45, 7) is 3.67. The molecule has 0 unspecified atom stereocenters. The lowest BCUT2D eigenvalue weighted by atomic mass is 9.80. The van der Waals surface area contributed by atoms with Crippen molar-refractivity contribution in [3.63, 3.8) is 0 Å². The van der Waals surface area contributed by atoms with E-state index >= 15 is 0 Å². The van der Waals surface area contributed by atoms with Crippen molar-refractivity contribution in [2.24, 2.45) is 5.73 Å². The number of hydrogen-bond donors (Lipinski definition) is 3. The SMILES string of the molecule is Cc1cccc(C(=O)NCC(=O)NC2CN(C3CCC(c4ccc(CC(N)=O)cc4)CC3)C2)c1. The fraction of sp³-hybridized carbons (Fsp3) is 0.444. The van der Waals surface area contributed by atoms with Crippen LogP contribution in [0.25, 0.3) is 0 Å².